The molecule has 0 aliphatic rings. The maximum atomic E-state index is 11.0. The smallest absolute Gasteiger partial charge is 0.357 e. The third-order valence-electron chi connectivity index (χ3n) is 5.00. The molecule has 2 aromatic carbocycles. The van der Waals surface area contributed by atoms with E-state index in [1.54, 1.807) is 48.9 Å². The van der Waals surface area contributed by atoms with Gasteiger partial charge in [0.1, 0.15) is 11.5 Å². The van der Waals surface area contributed by atoms with Crippen molar-refractivity contribution < 1.29 is 22.1 Å². The van der Waals surface area contributed by atoms with Gasteiger partial charge in [0.2, 0.25) is 0 Å². The van der Waals surface area contributed by atoms with Gasteiger partial charge in [-0.1, -0.05) is 24.3 Å². The average molecular weight is 501 g/mol. The summed E-state index contributed by atoms with van der Waals surface area (Å²) in [6.07, 6.45) is 2.83. The second-order valence-electron chi connectivity index (χ2n) is 7.63. The Kier molecular flexibility index (Phi) is 7.15. The summed E-state index contributed by atoms with van der Waals surface area (Å²) >= 11 is 1.55. The predicted octanol–water partition coefficient (Wildman–Crippen LogP) is 4.65. The molecule has 11 heteroatoms. The van der Waals surface area contributed by atoms with Crippen LogP contribution in [-0.2, 0) is 23.1 Å². The molecule has 1 atom stereocenters. The highest BCUT2D eigenvalue weighted by Crippen LogP contribution is 2.26. The van der Waals surface area contributed by atoms with E-state index in [2.05, 4.69) is 15.3 Å². The number of hydrogen-bond acceptors (Lipinski definition) is 8. The van der Waals surface area contributed by atoms with Gasteiger partial charge >= 0.3 is 10.3 Å². The van der Waals surface area contributed by atoms with E-state index in [0.717, 1.165) is 27.6 Å². The summed E-state index contributed by atoms with van der Waals surface area (Å²) < 4.78 is 44.2. The fourth-order valence-electron chi connectivity index (χ4n) is 3.45. The van der Waals surface area contributed by atoms with E-state index < -0.39 is 10.3 Å². The van der Waals surface area contributed by atoms with Crippen molar-refractivity contribution in [3.8, 4) is 5.75 Å². The molecule has 0 amide bonds. The minimum absolute atomic E-state index is 0.214. The maximum absolute atomic E-state index is 11.0. The van der Waals surface area contributed by atoms with E-state index in [4.69, 9.17) is 13.7 Å². The van der Waals surface area contributed by atoms with E-state index in [1.807, 2.05) is 41.3 Å². The minimum atomic E-state index is -4.32. The molecule has 4 rings (SSSR count). The van der Waals surface area contributed by atoms with Crippen molar-refractivity contribution in [1.82, 2.24) is 9.97 Å². The number of oxazole rings is 1. The molecule has 178 valence electrons. The fourth-order valence-corrected chi connectivity index (χ4v) is 4.55. The van der Waals surface area contributed by atoms with Crippen molar-refractivity contribution in [2.24, 2.45) is 0 Å². The van der Waals surface area contributed by atoms with Crippen molar-refractivity contribution in [2.45, 2.75) is 25.8 Å². The van der Waals surface area contributed by atoms with E-state index in [9.17, 15) is 8.42 Å². The zero-order valence-corrected chi connectivity index (χ0v) is 20.2. The Labute approximate surface area is 201 Å². The SMILES string of the molecule is COc1cccc(Cc2cnc(N[C@@H](Cc3ccc(NS(=O)(=O)O)cc3)c3csc(C)n3)o2)c1. The van der Waals surface area contributed by atoms with Crippen LogP contribution in [0.5, 0.6) is 5.75 Å². The van der Waals surface area contributed by atoms with Crippen molar-refractivity contribution in [1.29, 1.82) is 0 Å². The Morgan fingerprint density at radius 1 is 1.18 bits per heavy atom. The third-order valence-corrected chi connectivity index (χ3v) is 6.28. The van der Waals surface area contributed by atoms with Crippen LogP contribution in [-0.4, -0.2) is 30.0 Å². The summed E-state index contributed by atoms with van der Waals surface area (Å²) in [6.45, 7) is 1.94. The van der Waals surface area contributed by atoms with Gasteiger partial charge in [-0.15, -0.1) is 11.3 Å². The lowest BCUT2D eigenvalue weighted by molar-refractivity contribution is 0.414. The van der Waals surface area contributed by atoms with Crippen molar-refractivity contribution in [3.05, 3.63) is 87.7 Å². The van der Waals surface area contributed by atoms with Gasteiger partial charge < -0.3 is 14.5 Å². The number of rotatable bonds is 10. The van der Waals surface area contributed by atoms with Crippen molar-refractivity contribution in [2.75, 3.05) is 17.1 Å². The number of nitrogens with one attached hydrogen (secondary N) is 2. The first-order valence-corrected chi connectivity index (χ1v) is 12.7. The lowest BCUT2D eigenvalue weighted by Crippen LogP contribution is -2.15. The van der Waals surface area contributed by atoms with Gasteiger partial charge in [0.15, 0.2) is 0 Å². The number of nitrogens with zero attached hydrogens (tertiary/aromatic N) is 2. The molecule has 0 saturated heterocycles. The van der Waals surface area contributed by atoms with Crippen LogP contribution in [0.3, 0.4) is 0 Å². The Morgan fingerprint density at radius 2 is 1.97 bits per heavy atom. The molecule has 0 fully saturated rings. The lowest BCUT2D eigenvalue weighted by atomic mass is 10.0. The highest BCUT2D eigenvalue weighted by molar-refractivity contribution is 7.87. The van der Waals surface area contributed by atoms with Gasteiger partial charge in [0, 0.05) is 11.8 Å². The van der Waals surface area contributed by atoms with E-state index in [1.165, 1.54) is 0 Å². The molecular weight excluding hydrogens is 476 g/mol. The molecule has 2 aromatic heterocycles. The second-order valence-corrected chi connectivity index (χ2v) is 9.84. The molecule has 0 radical (unpaired) electrons. The quantitative estimate of drug-likeness (QED) is 0.269. The summed E-state index contributed by atoms with van der Waals surface area (Å²) in [5.74, 6) is 1.50. The lowest BCUT2D eigenvalue weighted by Gasteiger charge is -2.16. The molecule has 3 N–H and O–H groups in total. The number of ether oxygens (including phenoxy) is 1. The molecule has 0 spiro atoms. The van der Waals surface area contributed by atoms with Gasteiger partial charge in [-0.3, -0.25) is 9.27 Å². The van der Waals surface area contributed by atoms with Crippen LogP contribution in [0.2, 0.25) is 0 Å². The fraction of sp³-hybridized carbons (Fsp3) is 0.217. The van der Waals surface area contributed by atoms with Crippen LogP contribution >= 0.6 is 11.3 Å². The van der Waals surface area contributed by atoms with E-state index in [-0.39, 0.29) is 11.7 Å². The molecule has 0 saturated carbocycles. The standard InChI is InChI=1S/C23H24N4O5S2/c1-15-25-22(14-33-15)21(12-16-6-8-18(9-7-16)27-34(28,29)30)26-23-24-13-20(32-23)11-17-4-3-5-19(10-17)31-2/h3-10,13-14,21,27H,11-12H2,1-2H3,(H,24,26)(H,28,29,30)/t21-/m0/s1. The first-order valence-electron chi connectivity index (χ1n) is 10.4. The summed E-state index contributed by atoms with van der Waals surface area (Å²) in [5.41, 5.74) is 3.12. The van der Waals surface area contributed by atoms with Crippen LogP contribution in [0.25, 0.3) is 0 Å². The Bertz CT molecular complexity index is 1350. The number of methoxy groups -OCH3 is 1. The van der Waals surface area contributed by atoms with Crippen LogP contribution in [0.1, 0.15) is 33.6 Å². The highest BCUT2D eigenvalue weighted by atomic mass is 32.2. The first-order chi connectivity index (χ1) is 16.3. The molecule has 0 unspecified atom stereocenters. The van der Waals surface area contributed by atoms with Gasteiger partial charge in [-0.2, -0.15) is 8.42 Å². The predicted molar refractivity (Wildman–Crippen MR) is 131 cm³/mol. The molecule has 4 aromatic rings. The molecule has 0 aliphatic carbocycles. The molecule has 34 heavy (non-hydrogen) atoms. The Morgan fingerprint density at radius 3 is 2.65 bits per heavy atom. The van der Waals surface area contributed by atoms with Crippen LogP contribution in [0, 0.1) is 6.92 Å². The van der Waals surface area contributed by atoms with Gasteiger partial charge in [0.05, 0.1) is 35.7 Å². The van der Waals surface area contributed by atoms with Crippen LogP contribution in [0.15, 0.2) is 64.5 Å². The zero-order chi connectivity index (χ0) is 24.1. The molecule has 9 nitrogen and oxygen atoms in total. The third kappa shape index (κ3) is 6.56. The Hall–Kier alpha value is -3.41. The van der Waals surface area contributed by atoms with E-state index in [0.29, 0.717) is 24.6 Å². The van der Waals surface area contributed by atoms with Crippen LogP contribution in [0.4, 0.5) is 11.7 Å². The number of hydrogen-bond donors (Lipinski definition) is 3. The second kappa shape index (κ2) is 10.2. The molecule has 0 aliphatic heterocycles. The van der Waals surface area contributed by atoms with Gasteiger partial charge in [-0.25, -0.2) is 9.97 Å². The molecule has 2 heterocycles. The van der Waals surface area contributed by atoms with Gasteiger partial charge in [-0.05, 0) is 48.7 Å². The average Bonchev–Trinajstić information content (AvgIpc) is 3.42. The maximum Gasteiger partial charge on any atom is 0.357 e. The number of thiazole rings is 1. The zero-order valence-electron chi connectivity index (χ0n) is 18.6. The molecule has 0 bridgehead atoms. The first kappa shape index (κ1) is 23.7. The Balaban J connectivity index is 1.49. The monoisotopic (exact) mass is 500 g/mol. The number of aromatic nitrogens is 2. The minimum Gasteiger partial charge on any atom is -0.497 e. The number of aryl methyl sites for hydroxylation is 1. The van der Waals surface area contributed by atoms with Gasteiger partial charge in [0.25, 0.3) is 6.01 Å². The summed E-state index contributed by atoms with van der Waals surface area (Å²) in [5, 5.41) is 6.26. The normalized spacial score (nSPS) is 12.3. The number of anilines is 2. The number of benzene rings is 2. The largest absolute Gasteiger partial charge is 0.497 e. The summed E-state index contributed by atoms with van der Waals surface area (Å²) in [7, 11) is -2.68. The molecular formula is C23H24N4O5S2. The van der Waals surface area contributed by atoms with Crippen molar-refractivity contribution in [3.63, 3.8) is 0 Å². The topological polar surface area (TPSA) is 127 Å². The van der Waals surface area contributed by atoms with Crippen LogP contribution < -0.4 is 14.8 Å². The summed E-state index contributed by atoms with van der Waals surface area (Å²) in [4.78, 5) is 9.00. The summed E-state index contributed by atoms with van der Waals surface area (Å²) in [6, 6.07) is 14.7. The highest BCUT2D eigenvalue weighted by Gasteiger charge is 2.18. The van der Waals surface area contributed by atoms with E-state index >= 15 is 0 Å². The van der Waals surface area contributed by atoms with Crippen molar-refractivity contribution >= 4 is 33.3 Å².